The van der Waals surface area contributed by atoms with Crippen LogP contribution in [0.3, 0.4) is 0 Å². The van der Waals surface area contributed by atoms with Crippen LogP contribution in [0.15, 0.2) is 64.6 Å². The lowest BCUT2D eigenvalue weighted by molar-refractivity contribution is -0.115. The van der Waals surface area contributed by atoms with Crippen LogP contribution in [-0.2, 0) is 20.4 Å². The van der Waals surface area contributed by atoms with E-state index in [1.54, 1.807) is 28.8 Å². The Morgan fingerprint density at radius 1 is 1.06 bits per heavy atom. The first kappa shape index (κ1) is 26.1. The molecule has 36 heavy (non-hydrogen) atoms. The van der Waals surface area contributed by atoms with Gasteiger partial charge in [-0.1, -0.05) is 54.6 Å². The van der Waals surface area contributed by atoms with Crippen molar-refractivity contribution < 1.29 is 13.2 Å². The maximum atomic E-state index is 13.2. The number of hydrogen-bond acceptors (Lipinski definition) is 8. The van der Waals surface area contributed by atoms with Gasteiger partial charge in [0.05, 0.1) is 15.8 Å². The Morgan fingerprint density at radius 2 is 1.75 bits per heavy atom. The van der Waals surface area contributed by atoms with Gasteiger partial charge in [-0.3, -0.25) is 9.36 Å². The maximum Gasteiger partial charge on any atom is 0.239 e. The molecule has 188 valence electrons. The molecule has 0 aliphatic rings. The number of aromatic nitrogens is 4. The number of nitrogens with one attached hydrogen (secondary N) is 1. The van der Waals surface area contributed by atoms with Gasteiger partial charge in [0.15, 0.2) is 25.9 Å². The number of hydrogen-bond donors (Lipinski definition) is 1. The molecular formula is C25H27N5O3S3. The number of aryl methyl sites for hydroxylation is 3. The van der Waals surface area contributed by atoms with Gasteiger partial charge in [0, 0.05) is 10.6 Å². The second kappa shape index (κ2) is 10.9. The molecule has 0 aliphatic heterocycles. The molecule has 2 heterocycles. The fourth-order valence-electron chi connectivity index (χ4n) is 3.47. The van der Waals surface area contributed by atoms with Gasteiger partial charge < -0.3 is 5.32 Å². The molecule has 0 aliphatic carbocycles. The summed E-state index contributed by atoms with van der Waals surface area (Å²) in [7, 11) is -3.66. The van der Waals surface area contributed by atoms with Crippen molar-refractivity contribution in [1.82, 2.24) is 19.7 Å². The van der Waals surface area contributed by atoms with E-state index in [2.05, 4.69) is 20.5 Å². The van der Waals surface area contributed by atoms with Crippen molar-refractivity contribution in [2.75, 3.05) is 5.32 Å². The third-order valence-electron chi connectivity index (χ3n) is 5.58. The van der Waals surface area contributed by atoms with Gasteiger partial charge in [-0.15, -0.1) is 21.5 Å². The van der Waals surface area contributed by atoms with Crippen LogP contribution in [0.4, 0.5) is 5.13 Å². The van der Waals surface area contributed by atoms with E-state index in [4.69, 9.17) is 0 Å². The van der Waals surface area contributed by atoms with E-state index in [1.807, 2.05) is 58.0 Å². The zero-order valence-corrected chi connectivity index (χ0v) is 22.9. The Bertz CT molecular complexity index is 1440. The van der Waals surface area contributed by atoms with Crippen LogP contribution >= 0.6 is 23.1 Å². The predicted molar refractivity (Wildman–Crippen MR) is 144 cm³/mol. The third kappa shape index (κ3) is 5.85. The first-order chi connectivity index (χ1) is 17.2. The summed E-state index contributed by atoms with van der Waals surface area (Å²) < 4.78 is 28.0. The highest BCUT2D eigenvalue weighted by molar-refractivity contribution is 8.00. The van der Waals surface area contributed by atoms with E-state index < -0.39 is 15.1 Å². The third-order valence-corrected chi connectivity index (χ3v) is 9.51. The van der Waals surface area contributed by atoms with Gasteiger partial charge in [-0.2, -0.15) is 0 Å². The number of anilines is 1. The number of rotatable bonds is 9. The van der Waals surface area contributed by atoms with Gasteiger partial charge in [-0.05, 0) is 51.5 Å². The topological polar surface area (TPSA) is 107 Å². The summed E-state index contributed by atoms with van der Waals surface area (Å²) in [6, 6.07) is 16.1. The number of thioether (sulfide) groups is 1. The summed E-state index contributed by atoms with van der Waals surface area (Å²) in [4.78, 5) is 18.7. The largest absolute Gasteiger partial charge is 0.301 e. The lowest BCUT2D eigenvalue weighted by Crippen LogP contribution is -2.25. The predicted octanol–water partition coefficient (Wildman–Crippen LogP) is 5.13. The molecule has 1 unspecified atom stereocenters. The zero-order valence-electron chi connectivity index (χ0n) is 20.4. The van der Waals surface area contributed by atoms with Gasteiger partial charge in [-0.25, -0.2) is 13.4 Å². The molecule has 0 bridgehead atoms. The second-order valence-electron chi connectivity index (χ2n) is 8.31. The summed E-state index contributed by atoms with van der Waals surface area (Å²) in [5.74, 6) is -0.225. The molecule has 2 aromatic carbocycles. The molecule has 0 saturated carbocycles. The monoisotopic (exact) mass is 541 g/mol. The molecule has 11 heteroatoms. The molecule has 1 atom stereocenters. The molecule has 0 saturated heterocycles. The Hall–Kier alpha value is -3.02. The first-order valence-electron chi connectivity index (χ1n) is 11.4. The number of carbonyl (C=O) groups excluding carboxylic acids is 1. The highest BCUT2D eigenvalue weighted by Gasteiger charge is 2.26. The van der Waals surface area contributed by atoms with E-state index in [1.165, 1.54) is 23.1 Å². The van der Waals surface area contributed by atoms with Crippen LogP contribution in [0.2, 0.25) is 0 Å². The first-order valence-corrected chi connectivity index (χ1v) is 14.7. The molecule has 8 nitrogen and oxygen atoms in total. The number of amides is 1. The fraction of sp³-hybridized carbons (Fsp3) is 0.280. The van der Waals surface area contributed by atoms with E-state index in [9.17, 15) is 13.2 Å². The van der Waals surface area contributed by atoms with Crippen molar-refractivity contribution in [2.45, 2.75) is 55.2 Å². The van der Waals surface area contributed by atoms with Gasteiger partial charge in [0.2, 0.25) is 5.91 Å². The van der Waals surface area contributed by atoms with Crippen molar-refractivity contribution in [3.05, 3.63) is 76.6 Å². The Kier molecular flexibility index (Phi) is 7.91. The molecule has 0 spiro atoms. The quantitative estimate of drug-likeness (QED) is 0.293. The van der Waals surface area contributed by atoms with E-state index in [-0.39, 0.29) is 22.4 Å². The lowest BCUT2D eigenvalue weighted by atomic mass is 10.2. The zero-order chi connectivity index (χ0) is 25.9. The number of carbonyl (C=O) groups is 1. The highest BCUT2D eigenvalue weighted by Crippen LogP contribution is 2.30. The fourth-order valence-corrected chi connectivity index (χ4v) is 6.52. The molecule has 4 rings (SSSR count). The van der Waals surface area contributed by atoms with Crippen LogP contribution in [0.1, 0.15) is 35.3 Å². The summed E-state index contributed by atoms with van der Waals surface area (Å²) in [6.45, 7) is 7.69. The van der Waals surface area contributed by atoms with Gasteiger partial charge in [0.1, 0.15) is 5.75 Å². The Morgan fingerprint density at radius 3 is 2.36 bits per heavy atom. The number of para-hydroxylation sites is 1. The minimum absolute atomic E-state index is 0.187. The normalized spacial score (nSPS) is 12.4. The van der Waals surface area contributed by atoms with Crippen molar-refractivity contribution in [2.24, 2.45) is 0 Å². The minimum Gasteiger partial charge on any atom is -0.301 e. The molecular weight excluding hydrogens is 515 g/mol. The molecule has 0 radical (unpaired) electrons. The molecule has 0 fully saturated rings. The number of benzene rings is 2. The molecule has 4 aromatic rings. The van der Waals surface area contributed by atoms with Crippen molar-refractivity contribution in [3.8, 4) is 5.69 Å². The number of nitrogens with zero attached hydrogens (tertiary/aromatic N) is 4. The number of thiazole rings is 1. The van der Waals surface area contributed by atoms with Crippen LogP contribution in [-0.4, -0.2) is 39.3 Å². The minimum atomic E-state index is -3.66. The SMILES string of the molecule is CCC(Sc1nnc(CS(=O)(=O)c2ccc(C)cc2)n1-c1ccccc1)C(=O)Nc1nc(C)c(C)s1. The molecule has 2 aromatic heterocycles. The summed E-state index contributed by atoms with van der Waals surface area (Å²) in [5, 5.41) is 12.0. The van der Waals surface area contributed by atoms with Crippen LogP contribution in [0.25, 0.3) is 5.69 Å². The number of sulfone groups is 1. The highest BCUT2D eigenvalue weighted by atomic mass is 32.2. The van der Waals surface area contributed by atoms with Gasteiger partial charge in [0.25, 0.3) is 0 Å². The van der Waals surface area contributed by atoms with Crippen LogP contribution in [0.5, 0.6) is 0 Å². The summed E-state index contributed by atoms with van der Waals surface area (Å²) >= 11 is 2.69. The van der Waals surface area contributed by atoms with Gasteiger partial charge >= 0.3 is 0 Å². The van der Waals surface area contributed by atoms with Crippen LogP contribution < -0.4 is 5.32 Å². The van der Waals surface area contributed by atoms with Crippen molar-refractivity contribution in [1.29, 1.82) is 0 Å². The Labute approximate surface area is 219 Å². The standard InChI is InChI=1S/C25H27N5O3S3/c1-5-21(23(31)27-24-26-17(3)18(4)34-24)35-25-29-28-22(30(25)19-9-7-6-8-10-19)15-36(32,33)20-13-11-16(2)12-14-20/h6-14,21H,5,15H2,1-4H3,(H,26,27,31). The average Bonchev–Trinajstić information content (AvgIpc) is 3.38. The summed E-state index contributed by atoms with van der Waals surface area (Å²) in [6.07, 6.45) is 0.540. The van der Waals surface area contributed by atoms with Crippen LogP contribution in [0, 0.1) is 20.8 Å². The Balaban J connectivity index is 1.64. The van der Waals surface area contributed by atoms with E-state index in [0.717, 1.165) is 21.8 Å². The second-order valence-corrected chi connectivity index (χ2v) is 12.7. The molecule has 1 amide bonds. The van der Waals surface area contributed by atoms with Crippen molar-refractivity contribution >= 4 is 44.0 Å². The van der Waals surface area contributed by atoms with E-state index >= 15 is 0 Å². The summed E-state index contributed by atoms with van der Waals surface area (Å²) in [5.41, 5.74) is 2.59. The maximum absolute atomic E-state index is 13.2. The van der Waals surface area contributed by atoms with Crippen molar-refractivity contribution in [3.63, 3.8) is 0 Å². The smallest absolute Gasteiger partial charge is 0.239 e. The average molecular weight is 542 g/mol. The molecule has 1 N–H and O–H groups in total. The van der Waals surface area contributed by atoms with E-state index in [0.29, 0.717) is 16.7 Å². The lowest BCUT2D eigenvalue weighted by Gasteiger charge is -2.15.